The van der Waals surface area contributed by atoms with E-state index in [-0.39, 0.29) is 5.82 Å². The highest BCUT2D eigenvalue weighted by Gasteiger charge is 2.18. The van der Waals surface area contributed by atoms with Crippen molar-refractivity contribution >= 4 is 0 Å². The molecule has 2 rings (SSSR count). The van der Waals surface area contributed by atoms with Gasteiger partial charge in [0.25, 0.3) is 0 Å². The number of aromatic nitrogens is 2. The molecule has 0 aromatic carbocycles. The van der Waals surface area contributed by atoms with Crippen LogP contribution in [0.4, 0.5) is 4.39 Å². The fraction of sp³-hybridized carbons (Fsp3) is 0.500. The molecule has 1 saturated heterocycles. The van der Waals surface area contributed by atoms with Crippen molar-refractivity contribution in [3.63, 3.8) is 0 Å². The second kappa shape index (κ2) is 3.15. The van der Waals surface area contributed by atoms with Crippen LogP contribution < -0.4 is 5.32 Å². The lowest BCUT2D eigenvalue weighted by molar-refractivity contribution is 0.598. The summed E-state index contributed by atoms with van der Waals surface area (Å²) in [4.78, 5) is 7.87. The summed E-state index contributed by atoms with van der Waals surface area (Å²) in [6.45, 7) is 1.91. The third-order valence-corrected chi connectivity index (χ3v) is 2.07. The molecule has 1 unspecified atom stereocenters. The van der Waals surface area contributed by atoms with Gasteiger partial charge in [0.1, 0.15) is 5.82 Å². The Balaban J connectivity index is 2.17. The lowest BCUT2D eigenvalue weighted by Gasteiger charge is -2.04. The molecule has 1 aromatic heterocycles. The van der Waals surface area contributed by atoms with Gasteiger partial charge in [0.15, 0.2) is 5.82 Å². The zero-order chi connectivity index (χ0) is 8.39. The molecule has 1 aliphatic rings. The summed E-state index contributed by atoms with van der Waals surface area (Å²) in [5, 5.41) is 3.21. The second-order valence-electron chi connectivity index (χ2n) is 2.95. The quantitative estimate of drug-likeness (QED) is 0.668. The molecule has 0 spiro atoms. The topological polar surface area (TPSA) is 37.8 Å². The molecule has 0 radical (unpaired) electrons. The van der Waals surface area contributed by atoms with E-state index in [4.69, 9.17) is 0 Å². The zero-order valence-electron chi connectivity index (χ0n) is 6.63. The van der Waals surface area contributed by atoms with Gasteiger partial charge in [0.05, 0.1) is 12.4 Å². The maximum Gasteiger partial charge on any atom is 0.159 e. The minimum absolute atomic E-state index is 0.366. The van der Waals surface area contributed by atoms with E-state index in [9.17, 15) is 4.39 Å². The molecule has 2 heterocycles. The lowest BCUT2D eigenvalue weighted by atomic mass is 10.1. The van der Waals surface area contributed by atoms with E-state index in [0.717, 1.165) is 25.3 Å². The van der Waals surface area contributed by atoms with Crippen molar-refractivity contribution in [1.29, 1.82) is 0 Å². The van der Waals surface area contributed by atoms with Gasteiger partial charge in [0.2, 0.25) is 0 Å². The van der Waals surface area contributed by atoms with Gasteiger partial charge in [-0.3, -0.25) is 0 Å². The van der Waals surface area contributed by atoms with Crippen LogP contribution >= 0.6 is 0 Å². The number of hydrogen-bond acceptors (Lipinski definition) is 3. The molecule has 12 heavy (non-hydrogen) atoms. The summed E-state index contributed by atoms with van der Waals surface area (Å²) in [5.74, 6) is 0.747. The van der Waals surface area contributed by atoms with Gasteiger partial charge in [-0.1, -0.05) is 0 Å². The Morgan fingerprint density at radius 1 is 1.42 bits per heavy atom. The number of nitrogens with one attached hydrogen (secondary N) is 1. The number of rotatable bonds is 1. The summed E-state index contributed by atoms with van der Waals surface area (Å²) in [6, 6.07) is 0. The van der Waals surface area contributed by atoms with Crippen molar-refractivity contribution in [3.05, 3.63) is 24.0 Å². The summed E-state index contributed by atoms with van der Waals surface area (Å²) < 4.78 is 12.4. The monoisotopic (exact) mass is 167 g/mol. The molecule has 1 fully saturated rings. The molecule has 0 aliphatic carbocycles. The van der Waals surface area contributed by atoms with E-state index < -0.39 is 0 Å². The first-order valence-corrected chi connectivity index (χ1v) is 4.04. The maximum absolute atomic E-state index is 12.4. The molecule has 0 amide bonds. The number of nitrogens with zero attached hydrogens (tertiary/aromatic N) is 2. The van der Waals surface area contributed by atoms with Crippen LogP contribution in [0.3, 0.4) is 0 Å². The smallest absolute Gasteiger partial charge is 0.159 e. The minimum Gasteiger partial charge on any atom is -0.316 e. The van der Waals surface area contributed by atoms with Gasteiger partial charge in [-0.05, 0) is 13.0 Å². The van der Waals surface area contributed by atoms with E-state index in [1.165, 1.54) is 12.4 Å². The molecule has 0 bridgehead atoms. The normalized spacial score (nSPS) is 22.9. The van der Waals surface area contributed by atoms with Crippen LogP contribution in [0.15, 0.2) is 12.4 Å². The van der Waals surface area contributed by atoms with Gasteiger partial charge in [-0.15, -0.1) is 0 Å². The van der Waals surface area contributed by atoms with E-state index in [2.05, 4.69) is 15.3 Å². The second-order valence-corrected chi connectivity index (χ2v) is 2.95. The van der Waals surface area contributed by atoms with Gasteiger partial charge in [-0.2, -0.15) is 0 Å². The fourth-order valence-electron chi connectivity index (χ4n) is 1.41. The summed E-state index contributed by atoms with van der Waals surface area (Å²) >= 11 is 0. The van der Waals surface area contributed by atoms with Gasteiger partial charge in [0, 0.05) is 12.5 Å². The first-order chi connectivity index (χ1) is 5.86. The fourth-order valence-corrected chi connectivity index (χ4v) is 1.41. The number of hydrogen-bond donors (Lipinski definition) is 1. The molecule has 1 aromatic rings. The first kappa shape index (κ1) is 7.61. The van der Waals surface area contributed by atoms with Crippen molar-refractivity contribution in [2.75, 3.05) is 13.1 Å². The molecule has 1 aliphatic heterocycles. The Labute approximate surface area is 70.0 Å². The first-order valence-electron chi connectivity index (χ1n) is 4.04. The molecular formula is C8H10FN3. The highest BCUT2D eigenvalue weighted by molar-refractivity contribution is 5.01. The third-order valence-electron chi connectivity index (χ3n) is 2.07. The standard InChI is InChI=1S/C8H10FN3/c9-7-4-11-8(12-5-7)6-1-2-10-3-6/h4-6,10H,1-3H2. The number of halogens is 1. The van der Waals surface area contributed by atoms with Crippen LogP contribution in [0.1, 0.15) is 18.2 Å². The zero-order valence-corrected chi connectivity index (χ0v) is 6.63. The highest BCUT2D eigenvalue weighted by atomic mass is 19.1. The summed E-state index contributed by atoms with van der Waals surface area (Å²) in [6.07, 6.45) is 3.49. The SMILES string of the molecule is Fc1cnc(C2CCNC2)nc1. The van der Waals surface area contributed by atoms with Gasteiger partial charge in [-0.25, -0.2) is 14.4 Å². The van der Waals surface area contributed by atoms with Crippen molar-refractivity contribution in [2.24, 2.45) is 0 Å². The Morgan fingerprint density at radius 2 is 2.17 bits per heavy atom. The third kappa shape index (κ3) is 1.43. The van der Waals surface area contributed by atoms with Gasteiger partial charge < -0.3 is 5.32 Å². The molecule has 1 N–H and O–H groups in total. The Bertz CT molecular complexity index is 254. The molecule has 3 nitrogen and oxygen atoms in total. The Hall–Kier alpha value is -1.03. The van der Waals surface area contributed by atoms with Crippen molar-refractivity contribution in [2.45, 2.75) is 12.3 Å². The van der Waals surface area contributed by atoms with Crippen LogP contribution in [-0.4, -0.2) is 23.1 Å². The van der Waals surface area contributed by atoms with Crippen molar-refractivity contribution in [3.8, 4) is 0 Å². The van der Waals surface area contributed by atoms with E-state index >= 15 is 0 Å². The predicted molar refractivity (Wildman–Crippen MR) is 42.2 cm³/mol. The lowest BCUT2D eigenvalue weighted by Crippen LogP contribution is -2.10. The maximum atomic E-state index is 12.4. The van der Waals surface area contributed by atoms with Crippen LogP contribution in [-0.2, 0) is 0 Å². The van der Waals surface area contributed by atoms with Crippen LogP contribution in [0.25, 0.3) is 0 Å². The van der Waals surface area contributed by atoms with E-state index in [0.29, 0.717) is 5.92 Å². The van der Waals surface area contributed by atoms with Crippen molar-refractivity contribution < 1.29 is 4.39 Å². The molecule has 0 saturated carbocycles. The molecule has 4 heteroatoms. The Morgan fingerprint density at radius 3 is 2.75 bits per heavy atom. The summed E-state index contributed by atoms with van der Waals surface area (Å²) in [5.41, 5.74) is 0. The van der Waals surface area contributed by atoms with Crippen LogP contribution in [0, 0.1) is 5.82 Å². The minimum atomic E-state index is -0.371. The molecular weight excluding hydrogens is 157 g/mol. The Kier molecular flexibility index (Phi) is 1.99. The highest BCUT2D eigenvalue weighted by Crippen LogP contribution is 2.17. The largest absolute Gasteiger partial charge is 0.316 e. The van der Waals surface area contributed by atoms with Gasteiger partial charge >= 0.3 is 0 Å². The van der Waals surface area contributed by atoms with E-state index in [1.807, 2.05) is 0 Å². The van der Waals surface area contributed by atoms with E-state index in [1.54, 1.807) is 0 Å². The van der Waals surface area contributed by atoms with Crippen molar-refractivity contribution in [1.82, 2.24) is 15.3 Å². The molecule has 1 atom stereocenters. The molecule has 64 valence electrons. The van der Waals surface area contributed by atoms with Crippen LogP contribution in [0.5, 0.6) is 0 Å². The average Bonchev–Trinajstić information content (AvgIpc) is 2.58. The average molecular weight is 167 g/mol. The summed E-state index contributed by atoms with van der Waals surface area (Å²) in [7, 11) is 0. The predicted octanol–water partition coefficient (Wildman–Crippen LogP) is 0.693. The van der Waals surface area contributed by atoms with Crippen LogP contribution in [0.2, 0.25) is 0 Å².